The van der Waals surface area contributed by atoms with Crippen molar-refractivity contribution in [2.75, 3.05) is 25.1 Å². The Morgan fingerprint density at radius 2 is 1.70 bits per heavy atom. The summed E-state index contributed by atoms with van der Waals surface area (Å²) in [6.07, 6.45) is 5.65. The molecule has 1 N–H and O–H groups in total. The van der Waals surface area contributed by atoms with Gasteiger partial charge in [0.1, 0.15) is 5.75 Å². The highest BCUT2D eigenvalue weighted by molar-refractivity contribution is 5.67. The monoisotopic (exact) mass is 366 g/mol. The van der Waals surface area contributed by atoms with E-state index in [9.17, 15) is 0 Å². The van der Waals surface area contributed by atoms with E-state index in [1.807, 2.05) is 12.1 Å². The quantitative estimate of drug-likeness (QED) is 0.899. The van der Waals surface area contributed by atoms with Gasteiger partial charge in [-0.25, -0.2) is 9.97 Å². The summed E-state index contributed by atoms with van der Waals surface area (Å²) < 4.78 is 5.33. The Morgan fingerprint density at radius 1 is 1.00 bits per heavy atom. The molecule has 144 valence electrons. The van der Waals surface area contributed by atoms with Gasteiger partial charge in [0.15, 0.2) is 0 Å². The second-order valence-electron chi connectivity index (χ2n) is 7.81. The molecule has 0 aliphatic carbocycles. The summed E-state index contributed by atoms with van der Waals surface area (Å²) in [7, 11) is 1.70. The van der Waals surface area contributed by atoms with Crippen LogP contribution in [0.25, 0.3) is 11.3 Å². The average molecular weight is 367 g/mol. The van der Waals surface area contributed by atoms with Crippen LogP contribution in [0.3, 0.4) is 0 Å². The number of anilines is 1. The topological polar surface area (TPSA) is 50.3 Å². The molecule has 2 aromatic rings. The van der Waals surface area contributed by atoms with Gasteiger partial charge in [-0.05, 0) is 70.3 Å². The van der Waals surface area contributed by atoms with Crippen LogP contribution < -0.4 is 15.0 Å². The van der Waals surface area contributed by atoms with Crippen LogP contribution in [0.15, 0.2) is 24.3 Å². The summed E-state index contributed by atoms with van der Waals surface area (Å²) in [6, 6.07) is 9.24. The minimum atomic E-state index is 0.486. The Bertz CT molecular complexity index is 780. The SMILES string of the molecule is COc1ccc(-c2nc(N3[C@H](C)CCC[C@@H]3C)nc3c2CCNCC3)cc1. The van der Waals surface area contributed by atoms with Crippen LogP contribution in [0, 0.1) is 0 Å². The number of piperidine rings is 1. The van der Waals surface area contributed by atoms with E-state index >= 15 is 0 Å². The van der Waals surface area contributed by atoms with Gasteiger partial charge >= 0.3 is 0 Å². The Balaban J connectivity index is 1.82. The standard InChI is InChI=1S/C22H30N4O/c1-15-5-4-6-16(2)26(15)22-24-20-12-14-23-13-11-19(20)21(25-22)17-7-9-18(27-3)10-8-17/h7-10,15-16,23H,4-6,11-14H2,1-3H3/t15-,16+. The fourth-order valence-electron chi connectivity index (χ4n) is 4.45. The molecule has 27 heavy (non-hydrogen) atoms. The van der Waals surface area contributed by atoms with Gasteiger partial charge in [0.2, 0.25) is 5.95 Å². The predicted octanol–water partition coefficient (Wildman–Crippen LogP) is 3.61. The van der Waals surface area contributed by atoms with Gasteiger partial charge in [-0.15, -0.1) is 0 Å². The first-order valence-corrected chi connectivity index (χ1v) is 10.2. The van der Waals surface area contributed by atoms with Crippen molar-refractivity contribution in [3.05, 3.63) is 35.5 Å². The third-order valence-corrected chi connectivity index (χ3v) is 5.96. The van der Waals surface area contributed by atoms with Gasteiger partial charge in [-0.1, -0.05) is 0 Å². The van der Waals surface area contributed by atoms with Gasteiger partial charge in [0.25, 0.3) is 0 Å². The molecular weight excluding hydrogens is 336 g/mol. The lowest BCUT2D eigenvalue weighted by Gasteiger charge is -2.39. The van der Waals surface area contributed by atoms with Gasteiger partial charge in [0, 0.05) is 36.2 Å². The lowest BCUT2D eigenvalue weighted by atomic mass is 9.97. The lowest BCUT2D eigenvalue weighted by molar-refractivity contribution is 0.407. The second kappa shape index (κ2) is 7.85. The van der Waals surface area contributed by atoms with Crippen LogP contribution in [0.2, 0.25) is 0 Å². The Labute approximate surface area is 162 Å². The van der Waals surface area contributed by atoms with E-state index < -0.39 is 0 Å². The van der Waals surface area contributed by atoms with E-state index in [1.165, 1.54) is 30.5 Å². The third-order valence-electron chi connectivity index (χ3n) is 5.96. The Hall–Kier alpha value is -2.14. The number of fused-ring (bicyclic) bond motifs is 1. The first-order chi connectivity index (χ1) is 13.2. The highest BCUT2D eigenvalue weighted by atomic mass is 16.5. The lowest BCUT2D eigenvalue weighted by Crippen LogP contribution is -2.45. The zero-order chi connectivity index (χ0) is 18.8. The minimum absolute atomic E-state index is 0.486. The molecule has 3 heterocycles. The maximum atomic E-state index is 5.33. The molecule has 0 spiro atoms. The fourth-order valence-corrected chi connectivity index (χ4v) is 4.45. The van der Waals surface area contributed by atoms with Crippen molar-refractivity contribution in [3.8, 4) is 17.0 Å². The number of hydrogen-bond donors (Lipinski definition) is 1. The van der Waals surface area contributed by atoms with Crippen LogP contribution in [-0.4, -0.2) is 42.3 Å². The molecule has 2 aliphatic rings. The number of nitrogens with one attached hydrogen (secondary N) is 1. The van der Waals surface area contributed by atoms with Crippen molar-refractivity contribution in [2.45, 2.75) is 58.0 Å². The van der Waals surface area contributed by atoms with Crippen molar-refractivity contribution in [1.82, 2.24) is 15.3 Å². The van der Waals surface area contributed by atoms with Crippen LogP contribution >= 0.6 is 0 Å². The molecule has 0 unspecified atom stereocenters. The zero-order valence-electron chi connectivity index (χ0n) is 16.7. The van der Waals surface area contributed by atoms with Crippen LogP contribution in [-0.2, 0) is 12.8 Å². The van der Waals surface area contributed by atoms with E-state index in [4.69, 9.17) is 14.7 Å². The molecule has 1 saturated heterocycles. The van der Waals surface area contributed by atoms with Crippen LogP contribution in [0.5, 0.6) is 5.75 Å². The van der Waals surface area contributed by atoms with Crippen LogP contribution in [0.4, 0.5) is 5.95 Å². The highest BCUT2D eigenvalue weighted by Crippen LogP contribution is 2.32. The number of methoxy groups -OCH3 is 1. The smallest absolute Gasteiger partial charge is 0.226 e. The number of benzene rings is 1. The Kier molecular flexibility index (Phi) is 5.30. The van der Waals surface area contributed by atoms with Crippen molar-refractivity contribution in [2.24, 2.45) is 0 Å². The van der Waals surface area contributed by atoms with Crippen molar-refractivity contribution >= 4 is 5.95 Å². The summed E-state index contributed by atoms with van der Waals surface area (Å²) in [6.45, 7) is 6.57. The molecular formula is C22H30N4O. The molecule has 4 rings (SSSR count). The summed E-state index contributed by atoms with van der Waals surface area (Å²) in [5.74, 6) is 1.78. The predicted molar refractivity (Wildman–Crippen MR) is 110 cm³/mol. The number of nitrogens with zero attached hydrogens (tertiary/aromatic N) is 3. The fraction of sp³-hybridized carbons (Fsp3) is 0.545. The molecule has 0 amide bonds. The normalized spacial score (nSPS) is 22.9. The van der Waals surface area contributed by atoms with Crippen molar-refractivity contribution < 1.29 is 4.74 Å². The minimum Gasteiger partial charge on any atom is -0.497 e. The number of aromatic nitrogens is 2. The highest BCUT2D eigenvalue weighted by Gasteiger charge is 2.29. The zero-order valence-corrected chi connectivity index (χ0v) is 16.7. The van der Waals surface area contributed by atoms with Gasteiger partial charge < -0.3 is 15.0 Å². The summed E-state index contributed by atoms with van der Waals surface area (Å²) in [4.78, 5) is 12.6. The maximum absolute atomic E-state index is 5.33. The molecule has 1 aromatic heterocycles. The van der Waals surface area contributed by atoms with Gasteiger partial charge in [-0.2, -0.15) is 0 Å². The average Bonchev–Trinajstić information content (AvgIpc) is 2.93. The molecule has 5 heteroatoms. The van der Waals surface area contributed by atoms with E-state index in [1.54, 1.807) is 7.11 Å². The van der Waals surface area contributed by atoms with Gasteiger partial charge in [-0.3, -0.25) is 0 Å². The number of hydrogen-bond acceptors (Lipinski definition) is 5. The van der Waals surface area contributed by atoms with Crippen LogP contribution in [0.1, 0.15) is 44.4 Å². The van der Waals surface area contributed by atoms with Crippen molar-refractivity contribution in [3.63, 3.8) is 0 Å². The molecule has 0 bridgehead atoms. The van der Waals surface area contributed by atoms with E-state index in [0.29, 0.717) is 12.1 Å². The summed E-state index contributed by atoms with van der Waals surface area (Å²) in [5, 5.41) is 3.51. The molecule has 2 atom stereocenters. The summed E-state index contributed by atoms with van der Waals surface area (Å²) in [5.41, 5.74) is 4.74. The van der Waals surface area contributed by atoms with E-state index in [2.05, 4.69) is 36.2 Å². The molecule has 2 aliphatic heterocycles. The number of ether oxygens (including phenoxy) is 1. The van der Waals surface area contributed by atoms with E-state index in [-0.39, 0.29) is 0 Å². The number of rotatable bonds is 3. The first-order valence-electron chi connectivity index (χ1n) is 10.2. The largest absolute Gasteiger partial charge is 0.497 e. The molecule has 1 fully saturated rings. The molecule has 5 nitrogen and oxygen atoms in total. The second-order valence-corrected chi connectivity index (χ2v) is 7.81. The first kappa shape index (κ1) is 18.2. The van der Waals surface area contributed by atoms with E-state index in [0.717, 1.165) is 48.9 Å². The maximum Gasteiger partial charge on any atom is 0.226 e. The van der Waals surface area contributed by atoms with Gasteiger partial charge in [0.05, 0.1) is 18.5 Å². The summed E-state index contributed by atoms with van der Waals surface area (Å²) >= 11 is 0. The Morgan fingerprint density at radius 3 is 2.41 bits per heavy atom. The molecule has 0 saturated carbocycles. The molecule has 1 aromatic carbocycles. The van der Waals surface area contributed by atoms with Crippen molar-refractivity contribution in [1.29, 1.82) is 0 Å². The third kappa shape index (κ3) is 3.65. The molecule has 0 radical (unpaired) electrons.